The zero-order valence-corrected chi connectivity index (χ0v) is 14.6. The van der Waals surface area contributed by atoms with Gasteiger partial charge in [0.25, 0.3) is 5.89 Å². The van der Waals surface area contributed by atoms with E-state index >= 15 is 0 Å². The molecule has 0 amide bonds. The fourth-order valence-electron chi connectivity index (χ4n) is 2.26. The maximum atomic E-state index is 12.2. The molecule has 8 heteroatoms. The van der Waals surface area contributed by atoms with Crippen LogP contribution in [0.1, 0.15) is 34.8 Å². The lowest BCUT2D eigenvalue weighted by atomic mass is 10.1. The smallest absolute Gasteiger partial charge is 0.387 e. The molecule has 0 N–H and O–H groups in total. The minimum Gasteiger partial charge on any atom is -0.449 e. The predicted molar refractivity (Wildman–Crippen MR) is 91.4 cm³/mol. The maximum Gasteiger partial charge on any atom is 0.387 e. The fraction of sp³-hybridized carbons (Fsp3) is 0.211. The minimum atomic E-state index is -2.93. The molecule has 0 radical (unpaired) electrons. The molecule has 140 valence electrons. The summed E-state index contributed by atoms with van der Waals surface area (Å²) in [6.07, 6.45) is -0.777. The third-order valence-electron chi connectivity index (χ3n) is 3.69. The summed E-state index contributed by atoms with van der Waals surface area (Å²) in [5.41, 5.74) is 2.04. The molecule has 0 aliphatic rings. The van der Waals surface area contributed by atoms with Gasteiger partial charge < -0.3 is 13.9 Å². The molecular weight excluding hydrogens is 358 g/mol. The number of alkyl halides is 2. The van der Waals surface area contributed by atoms with Crippen molar-refractivity contribution >= 4 is 5.97 Å². The summed E-state index contributed by atoms with van der Waals surface area (Å²) in [7, 11) is 0. The van der Waals surface area contributed by atoms with Crippen molar-refractivity contribution in [2.24, 2.45) is 0 Å². The van der Waals surface area contributed by atoms with Crippen LogP contribution < -0.4 is 4.74 Å². The summed E-state index contributed by atoms with van der Waals surface area (Å²) in [6, 6.07) is 12.7. The molecule has 0 saturated heterocycles. The van der Waals surface area contributed by atoms with Crippen LogP contribution >= 0.6 is 0 Å². The van der Waals surface area contributed by atoms with E-state index in [0.29, 0.717) is 5.89 Å². The second-order valence-corrected chi connectivity index (χ2v) is 5.76. The number of nitrogens with zero attached hydrogens (tertiary/aromatic N) is 2. The Bertz CT molecular complexity index is 908. The molecule has 3 rings (SSSR count). The molecule has 3 aromatic rings. The third kappa shape index (κ3) is 4.66. The van der Waals surface area contributed by atoms with Crippen LogP contribution in [0.25, 0.3) is 11.5 Å². The van der Waals surface area contributed by atoms with Crippen molar-refractivity contribution < 1.29 is 27.5 Å². The predicted octanol–water partition coefficient (Wildman–Crippen LogP) is 4.56. The van der Waals surface area contributed by atoms with Crippen molar-refractivity contribution in [1.29, 1.82) is 0 Å². The largest absolute Gasteiger partial charge is 0.449 e. The molecule has 0 spiro atoms. The molecule has 0 saturated carbocycles. The van der Waals surface area contributed by atoms with E-state index in [9.17, 15) is 13.6 Å². The highest BCUT2D eigenvalue weighted by atomic mass is 19.3. The van der Waals surface area contributed by atoms with E-state index in [0.717, 1.165) is 11.1 Å². The van der Waals surface area contributed by atoms with Crippen LogP contribution in [0, 0.1) is 6.92 Å². The van der Waals surface area contributed by atoms with E-state index in [-0.39, 0.29) is 17.2 Å². The SMILES string of the molecule is Cc1ccc(-c2nnc(C(C)OC(=O)c3ccc(OC(F)F)cc3)o2)cc1. The minimum absolute atomic E-state index is 0.0470. The second kappa shape index (κ2) is 7.94. The first-order valence-corrected chi connectivity index (χ1v) is 8.08. The van der Waals surface area contributed by atoms with Crippen LogP contribution in [0.2, 0.25) is 0 Å². The second-order valence-electron chi connectivity index (χ2n) is 5.76. The number of hydrogen-bond acceptors (Lipinski definition) is 6. The first kappa shape index (κ1) is 18.5. The number of aromatic nitrogens is 2. The number of carbonyl (C=O) groups is 1. The molecule has 1 atom stereocenters. The van der Waals surface area contributed by atoms with E-state index in [4.69, 9.17) is 9.15 Å². The average Bonchev–Trinajstić information content (AvgIpc) is 3.12. The highest BCUT2D eigenvalue weighted by Gasteiger charge is 2.20. The van der Waals surface area contributed by atoms with Crippen molar-refractivity contribution in [2.75, 3.05) is 0 Å². The Hall–Kier alpha value is -3.29. The van der Waals surface area contributed by atoms with Gasteiger partial charge in [0.2, 0.25) is 5.89 Å². The number of benzene rings is 2. The molecule has 1 aromatic heterocycles. The Morgan fingerprint density at radius 2 is 1.70 bits per heavy atom. The molecule has 6 nitrogen and oxygen atoms in total. The van der Waals surface area contributed by atoms with Gasteiger partial charge in [-0.25, -0.2) is 4.79 Å². The van der Waals surface area contributed by atoms with Gasteiger partial charge >= 0.3 is 12.6 Å². The third-order valence-corrected chi connectivity index (χ3v) is 3.69. The van der Waals surface area contributed by atoms with Crippen LogP contribution in [-0.4, -0.2) is 22.8 Å². The first-order chi connectivity index (χ1) is 12.9. The van der Waals surface area contributed by atoms with Crippen molar-refractivity contribution in [3.63, 3.8) is 0 Å². The van der Waals surface area contributed by atoms with Gasteiger partial charge in [0.15, 0.2) is 6.10 Å². The summed E-state index contributed by atoms with van der Waals surface area (Å²) in [4.78, 5) is 12.2. The molecule has 1 heterocycles. The van der Waals surface area contributed by atoms with Gasteiger partial charge in [0, 0.05) is 5.56 Å². The molecule has 1 unspecified atom stereocenters. The monoisotopic (exact) mass is 374 g/mol. The summed E-state index contributed by atoms with van der Waals surface area (Å²) < 4.78 is 39.4. The fourth-order valence-corrected chi connectivity index (χ4v) is 2.26. The van der Waals surface area contributed by atoms with E-state index in [1.807, 2.05) is 31.2 Å². The summed E-state index contributed by atoms with van der Waals surface area (Å²) in [5, 5.41) is 7.87. The number of halogens is 2. The van der Waals surface area contributed by atoms with E-state index < -0.39 is 18.7 Å². The van der Waals surface area contributed by atoms with E-state index in [1.165, 1.54) is 24.3 Å². The lowest BCUT2D eigenvalue weighted by molar-refractivity contribution is -0.0498. The quantitative estimate of drug-likeness (QED) is 0.589. The van der Waals surface area contributed by atoms with Crippen LogP contribution in [0.3, 0.4) is 0 Å². The number of esters is 1. The van der Waals surface area contributed by atoms with Gasteiger partial charge in [-0.2, -0.15) is 8.78 Å². The van der Waals surface area contributed by atoms with Crippen LogP contribution in [0.15, 0.2) is 52.9 Å². The Labute approximate surface area is 153 Å². The lowest BCUT2D eigenvalue weighted by Crippen LogP contribution is -2.10. The number of ether oxygens (including phenoxy) is 2. The zero-order valence-electron chi connectivity index (χ0n) is 14.6. The highest BCUT2D eigenvalue weighted by Crippen LogP contribution is 2.24. The standard InChI is InChI=1S/C19H16F2N2O4/c1-11-3-5-13(6-4-11)17-23-22-16(27-17)12(2)25-18(24)14-7-9-15(10-8-14)26-19(20)21/h3-10,12,19H,1-2H3. The Morgan fingerprint density at radius 3 is 2.33 bits per heavy atom. The number of carbonyl (C=O) groups excluding carboxylic acids is 1. The lowest BCUT2D eigenvalue weighted by Gasteiger charge is -2.10. The molecule has 0 aliphatic heterocycles. The summed E-state index contributed by atoms with van der Waals surface area (Å²) in [5.74, 6) is -0.228. The van der Waals surface area contributed by atoms with Crippen LogP contribution in [0.4, 0.5) is 8.78 Å². The van der Waals surface area contributed by atoms with Gasteiger partial charge in [-0.05, 0) is 50.2 Å². The molecule has 2 aromatic carbocycles. The Morgan fingerprint density at radius 1 is 1.04 bits per heavy atom. The van der Waals surface area contributed by atoms with E-state index in [2.05, 4.69) is 14.9 Å². The molecule has 0 bridgehead atoms. The average molecular weight is 374 g/mol. The zero-order chi connectivity index (χ0) is 19.4. The molecule has 0 aliphatic carbocycles. The van der Waals surface area contributed by atoms with E-state index in [1.54, 1.807) is 6.92 Å². The van der Waals surface area contributed by atoms with Gasteiger partial charge in [-0.15, -0.1) is 10.2 Å². The van der Waals surface area contributed by atoms with Crippen molar-refractivity contribution in [3.8, 4) is 17.2 Å². The maximum absolute atomic E-state index is 12.2. The topological polar surface area (TPSA) is 74.5 Å². The molecule has 0 fully saturated rings. The van der Waals surface area contributed by atoms with Gasteiger partial charge in [-0.1, -0.05) is 17.7 Å². The van der Waals surface area contributed by atoms with Gasteiger partial charge in [-0.3, -0.25) is 0 Å². The number of aryl methyl sites for hydroxylation is 1. The summed E-state index contributed by atoms with van der Waals surface area (Å²) >= 11 is 0. The molecule has 27 heavy (non-hydrogen) atoms. The normalized spacial score (nSPS) is 12.0. The van der Waals surface area contributed by atoms with Crippen molar-refractivity contribution in [3.05, 3.63) is 65.5 Å². The van der Waals surface area contributed by atoms with Gasteiger partial charge in [0.05, 0.1) is 5.56 Å². The van der Waals surface area contributed by atoms with Gasteiger partial charge in [0.1, 0.15) is 5.75 Å². The highest BCUT2D eigenvalue weighted by molar-refractivity contribution is 5.89. The first-order valence-electron chi connectivity index (χ1n) is 8.08. The Kier molecular flexibility index (Phi) is 5.44. The molecular formula is C19H16F2N2O4. The van der Waals surface area contributed by atoms with Crippen molar-refractivity contribution in [1.82, 2.24) is 10.2 Å². The summed E-state index contributed by atoms with van der Waals surface area (Å²) in [6.45, 7) is 0.637. The number of rotatable bonds is 6. The van der Waals surface area contributed by atoms with Crippen LogP contribution in [0.5, 0.6) is 5.75 Å². The van der Waals surface area contributed by atoms with Crippen LogP contribution in [-0.2, 0) is 4.74 Å². The Balaban J connectivity index is 1.65. The van der Waals surface area contributed by atoms with Crippen molar-refractivity contribution in [2.45, 2.75) is 26.6 Å². The number of hydrogen-bond donors (Lipinski definition) is 0.